The molecule has 2 heterocycles. The van der Waals surface area contributed by atoms with Gasteiger partial charge >= 0.3 is 12.1 Å². The Kier molecular flexibility index (Phi) is 4.01. The van der Waals surface area contributed by atoms with Crippen molar-refractivity contribution in [1.29, 1.82) is 0 Å². The standard InChI is InChI=1S/C13H15NO4S2/c1-13(2,3)18-12(17)14-6-7-9-8(4-5-19-9)20-10(7)11(15)16/h4-5H,6H2,1-3H3,(H,14,17)(H,15,16). The maximum Gasteiger partial charge on any atom is 0.407 e. The van der Waals surface area contributed by atoms with Crippen LogP contribution in [0.25, 0.3) is 9.40 Å². The molecule has 0 aromatic carbocycles. The van der Waals surface area contributed by atoms with E-state index in [1.807, 2.05) is 11.4 Å². The Hall–Kier alpha value is -1.60. The van der Waals surface area contributed by atoms with Crippen LogP contribution in [0.5, 0.6) is 0 Å². The second kappa shape index (κ2) is 5.41. The third kappa shape index (κ3) is 3.29. The van der Waals surface area contributed by atoms with E-state index in [1.54, 1.807) is 20.8 Å². The van der Waals surface area contributed by atoms with Crippen molar-refractivity contribution in [3.8, 4) is 0 Å². The first-order valence-electron chi connectivity index (χ1n) is 5.97. The maximum absolute atomic E-state index is 11.6. The molecule has 0 saturated carbocycles. The van der Waals surface area contributed by atoms with Gasteiger partial charge in [0.2, 0.25) is 0 Å². The molecular weight excluding hydrogens is 298 g/mol. The number of hydrogen-bond donors (Lipinski definition) is 2. The Morgan fingerprint density at radius 3 is 2.70 bits per heavy atom. The summed E-state index contributed by atoms with van der Waals surface area (Å²) in [5.74, 6) is -0.973. The van der Waals surface area contributed by atoms with E-state index in [2.05, 4.69) is 5.32 Å². The van der Waals surface area contributed by atoms with Gasteiger partial charge < -0.3 is 15.2 Å². The van der Waals surface area contributed by atoms with Crippen LogP contribution in [0.3, 0.4) is 0 Å². The molecular formula is C13H15NO4S2. The minimum absolute atomic E-state index is 0.150. The van der Waals surface area contributed by atoms with Crippen molar-refractivity contribution >= 4 is 44.1 Å². The molecule has 0 aliphatic carbocycles. The highest BCUT2D eigenvalue weighted by atomic mass is 32.1. The summed E-state index contributed by atoms with van der Waals surface area (Å²) in [6.45, 7) is 5.48. The Labute approximate surface area is 124 Å². The summed E-state index contributed by atoms with van der Waals surface area (Å²) in [6, 6.07) is 1.88. The molecule has 7 heteroatoms. The van der Waals surface area contributed by atoms with Crippen molar-refractivity contribution in [1.82, 2.24) is 5.32 Å². The third-order valence-electron chi connectivity index (χ3n) is 2.39. The van der Waals surface area contributed by atoms with Crippen LogP contribution < -0.4 is 5.32 Å². The number of hydrogen-bond acceptors (Lipinski definition) is 5. The highest BCUT2D eigenvalue weighted by Crippen LogP contribution is 2.35. The molecule has 108 valence electrons. The highest BCUT2D eigenvalue weighted by molar-refractivity contribution is 7.28. The summed E-state index contributed by atoms with van der Waals surface area (Å²) in [5, 5.41) is 13.7. The monoisotopic (exact) mass is 313 g/mol. The number of carboxylic acid groups (broad SMARTS) is 1. The minimum Gasteiger partial charge on any atom is -0.477 e. The van der Waals surface area contributed by atoms with Gasteiger partial charge in [-0.25, -0.2) is 9.59 Å². The molecule has 0 bridgehead atoms. The first-order chi connectivity index (χ1) is 9.28. The van der Waals surface area contributed by atoms with E-state index in [9.17, 15) is 14.7 Å². The Morgan fingerprint density at radius 1 is 1.40 bits per heavy atom. The van der Waals surface area contributed by atoms with Crippen molar-refractivity contribution in [3.63, 3.8) is 0 Å². The van der Waals surface area contributed by atoms with E-state index in [-0.39, 0.29) is 11.4 Å². The second-order valence-electron chi connectivity index (χ2n) is 5.18. The van der Waals surface area contributed by atoms with E-state index in [0.717, 1.165) is 9.40 Å². The lowest BCUT2D eigenvalue weighted by molar-refractivity contribution is 0.0521. The van der Waals surface area contributed by atoms with Gasteiger partial charge in [-0.05, 0) is 32.2 Å². The molecule has 2 aromatic rings. The van der Waals surface area contributed by atoms with Crippen molar-refractivity contribution in [2.24, 2.45) is 0 Å². The second-order valence-corrected chi connectivity index (χ2v) is 7.15. The Balaban J connectivity index is 2.16. The normalized spacial score (nSPS) is 11.6. The topological polar surface area (TPSA) is 75.6 Å². The number of carboxylic acids is 1. The number of fused-ring (bicyclic) bond motifs is 1. The number of amides is 1. The third-order valence-corrected chi connectivity index (χ3v) is 4.68. The van der Waals surface area contributed by atoms with Crippen molar-refractivity contribution in [2.45, 2.75) is 32.9 Å². The quantitative estimate of drug-likeness (QED) is 0.906. The maximum atomic E-state index is 11.6. The van der Waals surface area contributed by atoms with Crippen LogP contribution in [0.1, 0.15) is 36.0 Å². The van der Waals surface area contributed by atoms with Crippen LogP contribution in [0.15, 0.2) is 11.4 Å². The average molecular weight is 313 g/mol. The molecule has 0 spiro atoms. The lowest BCUT2D eigenvalue weighted by atomic mass is 10.2. The van der Waals surface area contributed by atoms with Crippen LogP contribution in [-0.4, -0.2) is 22.8 Å². The van der Waals surface area contributed by atoms with Gasteiger partial charge in [0.1, 0.15) is 10.5 Å². The van der Waals surface area contributed by atoms with Crippen molar-refractivity contribution in [3.05, 3.63) is 21.9 Å². The molecule has 0 atom stereocenters. The van der Waals surface area contributed by atoms with Gasteiger partial charge in [0, 0.05) is 16.8 Å². The van der Waals surface area contributed by atoms with E-state index in [4.69, 9.17) is 4.74 Å². The number of carbonyl (C=O) groups is 2. The Bertz CT molecular complexity index is 651. The summed E-state index contributed by atoms with van der Waals surface area (Å²) >= 11 is 2.69. The zero-order chi connectivity index (χ0) is 14.9. The van der Waals surface area contributed by atoms with Crippen LogP contribution in [-0.2, 0) is 11.3 Å². The molecule has 0 fully saturated rings. The van der Waals surface area contributed by atoms with Gasteiger partial charge in [-0.1, -0.05) is 0 Å². The fraction of sp³-hybridized carbons (Fsp3) is 0.385. The predicted molar refractivity (Wildman–Crippen MR) is 79.7 cm³/mol. The van der Waals surface area contributed by atoms with Crippen molar-refractivity contribution in [2.75, 3.05) is 0 Å². The summed E-state index contributed by atoms with van der Waals surface area (Å²) < 4.78 is 6.97. The molecule has 2 N–H and O–H groups in total. The van der Waals surface area contributed by atoms with E-state index < -0.39 is 17.7 Å². The molecule has 0 saturated heterocycles. The first kappa shape index (κ1) is 14.8. The molecule has 0 radical (unpaired) electrons. The SMILES string of the molecule is CC(C)(C)OC(=O)NCc1c(C(=O)O)sc2ccsc12. The zero-order valence-corrected chi connectivity index (χ0v) is 13.0. The molecule has 0 aliphatic rings. The summed E-state index contributed by atoms with van der Waals surface area (Å²) in [7, 11) is 0. The van der Waals surface area contributed by atoms with Crippen LogP contribution >= 0.6 is 22.7 Å². The van der Waals surface area contributed by atoms with Gasteiger partial charge in [-0.3, -0.25) is 0 Å². The fourth-order valence-electron chi connectivity index (χ4n) is 1.68. The smallest absolute Gasteiger partial charge is 0.407 e. The number of nitrogens with one attached hydrogen (secondary N) is 1. The number of carbonyl (C=O) groups excluding carboxylic acids is 1. The lowest BCUT2D eigenvalue weighted by Gasteiger charge is -2.19. The number of alkyl carbamates (subject to hydrolysis) is 1. The van der Waals surface area contributed by atoms with E-state index in [1.165, 1.54) is 22.7 Å². The fourth-order valence-corrected chi connectivity index (χ4v) is 3.90. The number of ether oxygens (including phenoxy) is 1. The predicted octanol–water partition coefficient (Wildman–Crippen LogP) is 3.69. The van der Waals surface area contributed by atoms with E-state index >= 15 is 0 Å². The number of thiophene rings is 2. The Morgan fingerprint density at radius 2 is 2.10 bits per heavy atom. The van der Waals surface area contributed by atoms with Crippen LogP contribution in [0.2, 0.25) is 0 Å². The average Bonchev–Trinajstić information content (AvgIpc) is 2.83. The van der Waals surface area contributed by atoms with Gasteiger partial charge in [-0.2, -0.15) is 0 Å². The molecule has 1 amide bonds. The first-order valence-corrected chi connectivity index (χ1v) is 7.66. The van der Waals surface area contributed by atoms with Crippen LogP contribution in [0, 0.1) is 0 Å². The molecule has 0 unspecified atom stereocenters. The van der Waals surface area contributed by atoms with Gasteiger partial charge in [0.15, 0.2) is 0 Å². The van der Waals surface area contributed by atoms with Crippen molar-refractivity contribution < 1.29 is 19.4 Å². The molecule has 0 aliphatic heterocycles. The summed E-state index contributed by atoms with van der Waals surface area (Å²) in [4.78, 5) is 23.1. The van der Waals surface area contributed by atoms with Gasteiger partial charge in [0.05, 0.1) is 4.70 Å². The molecule has 5 nitrogen and oxygen atoms in total. The largest absolute Gasteiger partial charge is 0.477 e. The van der Waals surface area contributed by atoms with Gasteiger partial charge in [0.25, 0.3) is 0 Å². The highest BCUT2D eigenvalue weighted by Gasteiger charge is 2.21. The lowest BCUT2D eigenvalue weighted by Crippen LogP contribution is -2.32. The molecule has 20 heavy (non-hydrogen) atoms. The summed E-state index contributed by atoms with van der Waals surface area (Å²) in [5.41, 5.74) is 0.0606. The molecule has 2 aromatic heterocycles. The number of aromatic carboxylic acids is 1. The van der Waals surface area contributed by atoms with Gasteiger partial charge in [-0.15, -0.1) is 22.7 Å². The number of rotatable bonds is 3. The zero-order valence-electron chi connectivity index (χ0n) is 11.4. The molecule has 2 rings (SSSR count). The summed E-state index contributed by atoms with van der Waals surface area (Å²) in [6.07, 6.45) is -0.551. The minimum atomic E-state index is -0.973. The van der Waals surface area contributed by atoms with E-state index in [0.29, 0.717) is 5.56 Å². The van der Waals surface area contributed by atoms with Crippen LogP contribution in [0.4, 0.5) is 4.79 Å².